The van der Waals surface area contributed by atoms with Crippen molar-refractivity contribution in [1.29, 1.82) is 0 Å². The van der Waals surface area contributed by atoms with Crippen molar-refractivity contribution < 1.29 is 19.0 Å². The van der Waals surface area contributed by atoms with Crippen molar-refractivity contribution in [3.63, 3.8) is 0 Å². The highest BCUT2D eigenvalue weighted by Crippen LogP contribution is 2.39. The third-order valence-electron chi connectivity index (χ3n) is 4.28. The fraction of sp³-hybridized carbons (Fsp3) is 0.316. The number of carbonyl (C=O) groups is 1. The van der Waals surface area contributed by atoms with Gasteiger partial charge in [0.15, 0.2) is 17.3 Å². The molecule has 0 N–H and O–H groups in total. The molecule has 0 spiro atoms. The molecule has 0 aromatic heterocycles. The number of ketones is 1. The van der Waals surface area contributed by atoms with Gasteiger partial charge in [0.1, 0.15) is 11.9 Å². The highest BCUT2D eigenvalue weighted by molar-refractivity contribution is 6.31. The molecule has 24 heavy (non-hydrogen) atoms. The van der Waals surface area contributed by atoms with Crippen LogP contribution in [0, 0.1) is 0 Å². The molecule has 2 aliphatic rings. The zero-order chi connectivity index (χ0) is 16.5. The number of benzene rings is 2. The zero-order valence-electron chi connectivity index (χ0n) is 13.1. The normalized spacial score (nSPS) is 19.7. The van der Waals surface area contributed by atoms with Gasteiger partial charge in [0.05, 0.1) is 25.2 Å². The van der Waals surface area contributed by atoms with Crippen LogP contribution in [-0.4, -0.2) is 19.0 Å². The second kappa shape index (κ2) is 6.36. The van der Waals surface area contributed by atoms with Crippen molar-refractivity contribution in [2.24, 2.45) is 0 Å². The molecule has 0 saturated carbocycles. The summed E-state index contributed by atoms with van der Waals surface area (Å²) in [7, 11) is 0. The molecule has 4 nitrogen and oxygen atoms in total. The first kappa shape index (κ1) is 15.3. The van der Waals surface area contributed by atoms with E-state index in [2.05, 4.69) is 0 Å². The van der Waals surface area contributed by atoms with Gasteiger partial charge >= 0.3 is 0 Å². The van der Waals surface area contributed by atoms with Crippen molar-refractivity contribution in [2.75, 3.05) is 13.2 Å². The monoisotopic (exact) mass is 344 g/mol. The Morgan fingerprint density at radius 2 is 1.67 bits per heavy atom. The minimum absolute atomic E-state index is 0.0349. The first-order chi connectivity index (χ1) is 11.7. The standard InChI is InChI=1S/C19H17ClO4/c20-13-4-6-16-14(10-13)15(21)11-18(24-16)12-3-5-17-19(9-12)23-8-2-1-7-22-17/h3-6,9-10,18H,1-2,7-8,11H2. The minimum Gasteiger partial charge on any atom is -0.490 e. The molecule has 2 heterocycles. The van der Waals surface area contributed by atoms with Crippen LogP contribution in [0.15, 0.2) is 36.4 Å². The maximum absolute atomic E-state index is 12.4. The molecular formula is C19H17ClO4. The van der Waals surface area contributed by atoms with E-state index >= 15 is 0 Å². The predicted molar refractivity (Wildman–Crippen MR) is 90.4 cm³/mol. The molecule has 0 fully saturated rings. The lowest BCUT2D eigenvalue weighted by Gasteiger charge is -2.26. The Balaban J connectivity index is 1.63. The van der Waals surface area contributed by atoms with Gasteiger partial charge in [-0.15, -0.1) is 0 Å². The van der Waals surface area contributed by atoms with E-state index < -0.39 is 0 Å². The second-order valence-electron chi connectivity index (χ2n) is 5.98. The van der Waals surface area contributed by atoms with Crippen molar-refractivity contribution in [1.82, 2.24) is 0 Å². The molecule has 2 aliphatic heterocycles. The summed E-state index contributed by atoms with van der Waals surface area (Å²) >= 11 is 5.97. The lowest BCUT2D eigenvalue weighted by Crippen LogP contribution is -2.20. The molecule has 2 aromatic carbocycles. The van der Waals surface area contributed by atoms with E-state index in [9.17, 15) is 4.79 Å². The Morgan fingerprint density at radius 3 is 2.50 bits per heavy atom. The Labute approximate surface area is 145 Å². The van der Waals surface area contributed by atoms with Crippen LogP contribution in [0.2, 0.25) is 5.02 Å². The summed E-state index contributed by atoms with van der Waals surface area (Å²) in [6.07, 6.45) is 1.91. The summed E-state index contributed by atoms with van der Waals surface area (Å²) < 4.78 is 17.5. The Kier molecular flexibility index (Phi) is 4.07. The number of halogens is 1. The van der Waals surface area contributed by atoms with Crippen molar-refractivity contribution in [2.45, 2.75) is 25.4 Å². The fourth-order valence-corrected chi connectivity index (χ4v) is 3.18. The summed E-state index contributed by atoms with van der Waals surface area (Å²) in [6, 6.07) is 10.9. The molecule has 0 amide bonds. The van der Waals surface area contributed by atoms with E-state index in [4.69, 9.17) is 25.8 Å². The summed E-state index contributed by atoms with van der Waals surface area (Å²) in [5.41, 5.74) is 1.46. The number of rotatable bonds is 1. The molecule has 0 aliphatic carbocycles. The highest BCUT2D eigenvalue weighted by Gasteiger charge is 2.28. The number of ether oxygens (including phenoxy) is 3. The quantitative estimate of drug-likeness (QED) is 0.758. The lowest BCUT2D eigenvalue weighted by molar-refractivity contribution is 0.0849. The predicted octanol–water partition coefficient (Wildman–Crippen LogP) is 4.60. The van der Waals surface area contributed by atoms with Crippen LogP contribution < -0.4 is 14.2 Å². The first-order valence-electron chi connectivity index (χ1n) is 8.10. The average molecular weight is 345 g/mol. The smallest absolute Gasteiger partial charge is 0.170 e. The van der Waals surface area contributed by atoms with Gasteiger partial charge in [-0.1, -0.05) is 17.7 Å². The summed E-state index contributed by atoms with van der Waals surface area (Å²) in [5, 5.41) is 0.538. The average Bonchev–Trinajstić information content (AvgIpc) is 2.56. The van der Waals surface area contributed by atoms with Gasteiger partial charge in [0.2, 0.25) is 0 Å². The van der Waals surface area contributed by atoms with Crippen LogP contribution >= 0.6 is 11.6 Å². The molecule has 4 rings (SSSR count). The molecule has 1 unspecified atom stereocenters. The van der Waals surface area contributed by atoms with Crippen molar-refractivity contribution in [3.05, 3.63) is 52.5 Å². The first-order valence-corrected chi connectivity index (χ1v) is 8.47. The van der Waals surface area contributed by atoms with Crippen LogP contribution in [0.1, 0.15) is 41.3 Å². The molecule has 2 aromatic rings. The molecule has 0 bridgehead atoms. The van der Waals surface area contributed by atoms with Gasteiger partial charge < -0.3 is 14.2 Å². The van der Waals surface area contributed by atoms with E-state index in [1.165, 1.54) is 0 Å². The molecule has 5 heteroatoms. The van der Waals surface area contributed by atoms with Crippen LogP contribution in [0.4, 0.5) is 0 Å². The van der Waals surface area contributed by atoms with E-state index in [-0.39, 0.29) is 18.3 Å². The van der Waals surface area contributed by atoms with Crippen LogP contribution in [0.3, 0.4) is 0 Å². The maximum atomic E-state index is 12.4. The number of hydrogen-bond acceptors (Lipinski definition) is 4. The van der Waals surface area contributed by atoms with E-state index in [1.807, 2.05) is 18.2 Å². The number of Topliss-reactive ketones (excluding diaryl/α,β-unsaturated/α-hetero) is 1. The van der Waals surface area contributed by atoms with Crippen LogP contribution in [-0.2, 0) is 0 Å². The minimum atomic E-state index is -0.328. The Bertz CT molecular complexity index is 787. The van der Waals surface area contributed by atoms with Gasteiger partial charge in [0.25, 0.3) is 0 Å². The van der Waals surface area contributed by atoms with Gasteiger partial charge in [-0.3, -0.25) is 4.79 Å². The fourth-order valence-electron chi connectivity index (χ4n) is 3.01. The van der Waals surface area contributed by atoms with Crippen molar-refractivity contribution >= 4 is 17.4 Å². The summed E-state index contributed by atoms with van der Waals surface area (Å²) in [6.45, 7) is 1.37. The zero-order valence-corrected chi connectivity index (χ0v) is 13.8. The van der Waals surface area contributed by atoms with Gasteiger partial charge in [-0.2, -0.15) is 0 Å². The van der Waals surface area contributed by atoms with Crippen LogP contribution in [0.5, 0.6) is 17.2 Å². The molecule has 0 saturated heterocycles. The number of fused-ring (bicyclic) bond motifs is 2. The number of carbonyl (C=O) groups excluding carboxylic acids is 1. The Hall–Kier alpha value is -2.20. The Morgan fingerprint density at radius 1 is 0.917 bits per heavy atom. The number of hydrogen-bond donors (Lipinski definition) is 0. The summed E-state index contributed by atoms with van der Waals surface area (Å²) in [4.78, 5) is 12.4. The van der Waals surface area contributed by atoms with Crippen LogP contribution in [0.25, 0.3) is 0 Å². The van der Waals surface area contributed by atoms with E-state index in [1.54, 1.807) is 18.2 Å². The molecule has 0 radical (unpaired) electrons. The SMILES string of the molecule is O=C1CC(c2ccc3c(c2)OCCCCO3)Oc2ccc(Cl)cc21. The lowest BCUT2D eigenvalue weighted by atomic mass is 9.96. The molecule has 124 valence electrons. The van der Waals surface area contributed by atoms with Crippen molar-refractivity contribution in [3.8, 4) is 17.2 Å². The second-order valence-corrected chi connectivity index (χ2v) is 6.42. The van der Waals surface area contributed by atoms with Gasteiger partial charge in [0, 0.05) is 5.02 Å². The van der Waals surface area contributed by atoms with Gasteiger partial charge in [-0.05, 0) is 48.7 Å². The molecular weight excluding hydrogens is 328 g/mol. The van der Waals surface area contributed by atoms with E-state index in [0.29, 0.717) is 35.3 Å². The topological polar surface area (TPSA) is 44.8 Å². The third-order valence-corrected chi connectivity index (χ3v) is 4.51. The maximum Gasteiger partial charge on any atom is 0.170 e. The third kappa shape index (κ3) is 2.94. The van der Waals surface area contributed by atoms with E-state index in [0.717, 1.165) is 24.2 Å². The highest BCUT2D eigenvalue weighted by atomic mass is 35.5. The molecule has 1 atom stereocenters. The van der Waals surface area contributed by atoms with Gasteiger partial charge in [-0.25, -0.2) is 0 Å². The largest absolute Gasteiger partial charge is 0.490 e. The summed E-state index contributed by atoms with van der Waals surface area (Å²) in [5.74, 6) is 2.06.